The summed E-state index contributed by atoms with van der Waals surface area (Å²) >= 11 is -0.152. The number of nitrogens with zero attached hydrogens (tertiary/aromatic N) is 4. The number of hydrogen-bond donors (Lipinski definition) is 2. The van der Waals surface area contributed by atoms with E-state index in [1.807, 2.05) is 6.07 Å². The number of aromatic amines is 2. The van der Waals surface area contributed by atoms with E-state index in [0.29, 0.717) is 22.5 Å². The quantitative estimate of drug-likeness (QED) is 0.291. The number of piperidine rings is 1. The number of rotatable bonds is 5. The van der Waals surface area contributed by atoms with Gasteiger partial charge in [0, 0.05) is 0 Å². The Hall–Kier alpha value is -3.63. The number of benzene rings is 2. The van der Waals surface area contributed by atoms with Crippen molar-refractivity contribution in [3.05, 3.63) is 92.1 Å². The molecule has 1 fully saturated rings. The summed E-state index contributed by atoms with van der Waals surface area (Å²) in [5, 5.41) is 8.77. The maximum absolute atomic E-state index is 14.6. The van der Waals surface area contributed by atoms with Gasteiger partial charge in [-0.2, -0.15) is 0 Å². The Morgan fingerprint density at radius 3 is 2.77 bits per heavy atom. The van der Waals surface area contributed by atoms with Gasteiger partial charge in [-0.1, -0.05) is 12.1 Å². The molecule has 2 aliphatic heterocycles. The van der Waals surface area contributed by atoms with Crippen LogP contribution in [0, 0.1) is 5.82 Å². The first-order valence-electron chi connectivity index (χ1n) is 13.2. The number of hydrogen-bond acceptors (Lipinski definition) is 4. The van der Waals surface area contributed by atoms with Crippen LogP contribution in [0.2, 0.25) is 0 Å². The van der Waals surface area contributed by atoms with Crippen molar-refractivity contribution in [2.45, 2.75) is 19.3 Å². The SMILES string of the molecule is Fc1ccccc1-c1cncc2[nH]c(-c3n[nH]c4ccc(C5=C[I-]C=CC(CN6CCCCC6)=C5)cc34)nc12. The van der Waals surface area contributed by atoms with Crippen molar-refractivity contribution in [3.63, 3.8) is 0 Å². The first-order chi connectivity index (χ1) is 19.2. The fourth-order valence-corrected chi connectivity index (χ4v) is 7.22. The second-order valence-electron chi connectivity index (χ2n) is 10.0. The van der Waals surface area contributed by atoms with E-state index >= 15 is 0 Å². The monoisotopic (exact) mass is 629 g/mol. The molecule has 1 saturated heterocycles. The Bertz CT molecular complexity index is 1770. The van der Waals surface area contributed by atoms with Gasteiger partial charge in [-0.05, 0) is 6.07 Å². The van der Waals surface area contributed by atoms with Crippen LogP contribution in [0.25, 0.3) is 50.2 Å². The number of halogens is 2. The van der Waals surface area contributed by atoms with Gasteiger partial charge in [0.05, 0.1) is 0 Å². The second kappa shape index (κ2) is 10.5. The maximum atomic E-state index is 14.6. The van der Waals surface area contributed by atoms with E-state index in [-0.39, 0.29) is 27.0 Å². The Kier molecular flexibility index (Phi) is 6.57. The average Bonchev–Trinajstić information content (AvgIpc) is 3.52. The zero-order valence-corrected chi connectivity index (χ0v) is 23.5. The average molecular weight is 630 g/mol. The molecule has 39 heavy (non-hydrogen) atoms. The van der Waals surface area contributed by atoms with Crippen molar-refractivity contribution >= 4 is 27.5 Å². The van der Waals surface area contributed by atoms with Gasteiger partial charge >= 0.3 is 214 Å². The normalized spacial score (nSPS) is 16.6. The van der Waals surface area contributed by atoms with E-state index in [1.165, 1.54) is 55.1 Å². The van der Waals surface area contributed by atoms with Crippen LogP contribution in [0.3, 0.4) is 0 Å². The third-order valence-electron chi connectivity index (χ3n) is 7.40. The summed E-state index contributed by atoms with van der Waals surface area (Å²) in [4.78, 5) is 15.1. The summed E-state index contributed by atoms with van der Waals surface area (Å²) < 4.78 is 19.4. The fraction of sp³-hybridized carbons (Fsp3) is 0.194. The Morgan fingerprint density at radius 2 is 1.87 bits per heavy atom. The van der Waals surface area contributed by atoms with Crippen molar-refractivity contribution < 1.29 is 25.6 Å². The van der Waals surface area contributed by atoms with Crippen molar-refractivity contribution in [1.82, 2.24) is 30.0 Å². The summed E-state index contributed by atoms with van der Waals surface area (Å²) in [5.74, 6) is 0.331. The van der Waals surface area contributed by atoms with Crippen molar-refractivity contribution in [3.8, 4) is 22.6 Å². The van der Waals surface area contributed by atoms with Crippen LogP contribution in [-0.4, -0.2) is 49.7 Å². The van der Waals surface area contributed by atoms with Crippen LogP contribution in [0.15, 0.2) is 80.7 Å². The molecular weight excluding hydrogens is 602 g/mol. The molecule has 5 aromatic rings. The molecule has 0 radical (unpaired) electrons. The van der Waals surface area contributed by atoms with Crippen LogP contribution < -0.4 is 21.2 Å². The summed E-state index contributed by atoms with van der Waals surface area (Å²) in [6.45, 7) is 3.39. The van der Waals surface area contributed by atoms with E-state index in [1.54, 1.807) is 24.5 Å². The zero-order chi connectivity index (χ0) is 26.2. The Labute approximate surface area is 236 Å². The molecular formula is C31H27FIN6-. The van der Waals surface area contributed by atoms with Crippen LogP contribution in [0.1, 0.15) is 24.8 Å². The molecule has 6 nitrogen and oxygen atoms in total. The molecule has 196 valence electrons. The van der Waals surface area contributed by atoms with Gasteiger partial charge in [0.1, 0.15) is 0 Å². The molecule has 0 saturated carbocycles. The number of likely N-dealkylation sites (tertiary alicyclic amines) is 1. The summed E-state index contributed by atoms with van der Waals surface area (Å²) in [6, 6.07) is 13.2. The molecule has 0 bridgehead atoms. The predicted molar refractivity (Wildman–Crippen MR) is 150 cm³/mol. The van der Waals surface area contributed by atoms with Crippen LogP contribution in [0.5, 0.6) is 0 Å². The molecule has 3 aromatic heterocycles. The van der Waals surface area contributed by atoms with E-state index in [4.69, 9.17) is 4.98 Å². The van der Waals surface area contributed by atoms with Gasteiger partial charge < -0.3 is 0 Å². The molecule has 0 atom stereocenters. The molecule has 8 heteroatoms. The molecule has 0 aliphatic carbocycles. The summed E-state index contributed by atoms with van der Waals surface area (Å²) in [6.07, 6.45) is 12.0. The van der Waals surface area contributed by atoms with E-state index < -0.39 is 0 Å². The van der Waals surface area contributed by atoms with Crippen molar-refractivity contribution in [2.75, 3.05) is 19.6 Å². The van der Waals surface area contributed by atoms with Gasteiger partial charge in [0.25, 0.3) is 0 Å². The first-order valence-corrected chi connectivity index (χ1v) is 15.7. The minimum atomic E-state index is -0.298. The standard InChI is InChI=1S/C31H27FIN6/c32-26-7-3-2-6-23(26)25-17-34-18-28-29(25)36-31(35-28)30-24-15-21(8-9-27(24)37-38-30)22-14-20(10-11-33-16-22)19-39-12-4-1-5-13-39/h2-3,6-11,14-18H,1,4-5,12-13,19H2,(H,35,36)(H,37,38)/q-1. The van der Waals surface area contributed by atoms with Crippen LogP contribution in [-0.2, 0) is 0 Å². The zero-order valence-electron chi connectivity index (χ0n) is 21.3. The van der Waals surface area contributed by atoms with E-state index in [9.17, 15) is 4.39 Å². The van der Waals surface area contributed by atoms with Gasteiger partial charge in [-0.25, -0.2) is 4.39 Å². The number of imidazole rings is 1. The third-order valence-corrected chi connectivity index (χ3v) is 9.21. The summed E-state index contributed by atoms with van der Waals surface area (Å²) in [7, 11) is 0. The molecule has 2 aliphatic rings. The fourth-order valence-electron chi connectivity index (χ4n) is 5.42. The number of aromatic nitrogens is 5. The first kappa shape index (κ1) is 24.4. The number of pyridine rings is 1. The molecule has 5 heterocycles. The van der Waals surface area contributed by atoms with Crippen LogP contribution in [0.4, 0.5) is 4.39 Å². The molecule has 0 amide bonds. The van der Waals surface area contributed by atoms with Gasteiger partial charge in [0.2, 0.25) is 0 Å². The number of fused-ring (bicyclic) bond motifs is 2. The molecule has 7 rings (SSSR count). The molecule has 2 aromatic carbocycles. The molecule has 2 N–H and O–H groups in total. The number of H-pyrrole nitrogens is 2. The number of nitrogens with one attached hydrogen (secondary N) is 2. The minimum absolute atomic E-state index is 0.152. The second-order valence-corrected chi connectivity index (χ2v) is 12.1. The number of allylic oxidation sites excluding steroid dienone is 2. The van der Waals surface area contributed by atoms with Gasteiger partial charge in [-0.15, -0.1) is 0 Å². The van der Waals surface area contributed by atoms with E-state index in [2.05, 4.69) is 63.6 Å². The third kappa shape index (κ3) is 4.83. The molecule has 0 spiro atoms. The Balaban J connectivity index is 1.26. The summed E-state index contributed by atoms with van der Waals surface area (Å²) in [5.41, 5.74) is 8.04. The topological polar surface area (TPSA) is 73.5 Å². The van der Waals surface area contributed by atoms with Gasteiger partial charge in [-0.3, -0.25) is 0 Å². The van der Waals surface area contributed by atoms with Crippen molar-refractivity contribution in [1.29, 1.82) is 0 Å². The Morgan fingerprint density at radius 1 is 0.974 bits per heavy atom. The van der Waals surface area contributed by atoms with Gasteiger partial charge in [0.15, 0.2) is 0 Å². The van der Waals surface area contributed by atoms with Crippen LogP contribution >= 0.6 is 0 Å². The van der Waals surface area contributed by atoms with Crippen molar-refractivity contribution in [2.24, 2.45) is 0 Å². The molecule has 0 unspecified atom stereocenters. The van der Waals surface area contributed by atoms with E-state index in [0.717, 1.165) is 28.7 Å². The predicted octanol–water partition coefficient (Wildman–Crippen LogP) is 3.68.